The Kier molecular flexibility index (Phi) is 5.90. The minimum Gasteiger partial charge on any atom is -0.497 e. The zero-order valence-corrected chi connectivity index (χ0v) is 14.4. The number of carbonyl (C=O) groups excluding carboxylic acids is 1. The number of anilines is 1. The second-order valence-corrected chi connectivity index (χ2v) is 6.23. The highest BCUT2D eigenvalue weighted by Crippen LogP contribution is 2.29. The van der Waals surface area contributed by atoms with Crippen LogP contribution in [0.2, 0.25) is 0 Å². The van der Waals surface area contributed by atoms with Crippen molar-refractivity contribution in [3.63, 3.8) is 0 Å². The zero-order chi connectivity index (χ0) is 17.5. The van der Waals surface area contributed by atoms with Crippen LogP contribution >= 0.6 is 0 Å². The fraction of sp³-hybridized carbons (Fsp3) is 0.350. The van der Waals surface area contributed by atoms with E-state index < -0.39 is 6.09 Å². The maximum atomic E-state index is 11.9. The average Bonchev–Trinajstić information content (AvgIpc) is 2.67. The Balaban J connectivity index is 1.48. The van der Waals surface area contributed by atoms with Gasteiger partial charge in [-0.15, -0.1) is 0 Å². The molecule has 0 saturated carbocycles. The first-order valence-electron chi connectivity index (χ1n) is 8.61. The van der Waals surface area contributed by atoms with E-state index in [1.807, 2.05) is 42.5 Å². The molecule has 0 radical (unpaired) electrons. The summed E-state index contributed by atoms with van der Waals surface area (Å²) in [5.74, 6) is 1.34. The van der Waals surface area contributed by atoms with Crippen LogP contribution in [0.1, 0.15) is 24.3 Å². The Bertz CT molecular complexity index is 673. The van der Waals surface area contributed by atoms with E-state index >= 15 is 0 Å². The molecule has 132 valence electrons. The summed E-state index contributed by atoms with van der Waals surface area (Å²) in [6.45, 7) is 1.29. The first kappa shape index (κ1) is 17.3. The highest BCUT2D eigenvalue weighted by molar-refractivity contribution is 5.84. The summed E-state index contributed by atoms with van der Waals surface area (Å²) < 4.78 is 10.6. The fourth-order valence-corrected chi connectivity index (χ4v) is 3.16. The number of nitrogens with one attached hydrogen (secondary N) is 2. The van der Waals surface area contributed by atoms with Gasteiger partial charge in [-0.25, -0.2) is 4.79 Å². The third-order valence-corrected chi connectivity index (χ3v) is 4.52. The van der Waals surface area contributed by atoms with Crippen molar-refractivity contribution in [2.24, 2.45) is 0 Å². The van der Waals surface area contributed by atoms with E-state index in [4.69, 9.17) is 9.47 Å². The van der Waals surface area contributed by atoms with Crippen LogP contribution in [0.3, 0.4) is 0 Å². The molecular formula is C20H24N2O3. The van der Waals surface area contributed by atoms with Crippen LogP contribution in [-0.2, 0) is 4.74 Å². The van der Waals surface area contributed by atoms with E-state index in [1.165, 1.54) is 5.56 Å². The van der Waals surface area contributed by atoms with Gasteiger partial charge in [0.25, 0.3) is 0 Å². The molecule has 0 spiro atoms. The SMILES string of the molecule is COc1ccc([C@H]2CCN[C@H](COC(=O)Nc3ccccc3)C2)cc1. The minimum absolute atomic E-state index is 0.169. The maximum Gasteiger partial charge on any atom is 0.411 e. The number of benzene rings is 2. The first-order chi connectivity index (χ1) is 12.2. The third-order valence-electron chi connectivity index (χ3n) is 4.52. The van der Waals surface area contributed by atoms with Crippen LogP contribution in [0.4, 0.5) is 10.5 Å². The van der Waals surface area contributed by atoms with Crippen molar-refractivity contribution in [3.05, 3.63) is 60.2 Å². The molecule has 1 fully saturated rings. The van der Waals surface area contributed by atoms with E-state index in [0.717, 1.165) is 30.8 Å². The lowest BCUT2D eigenvalue weighted by Gasteiger charge is -2.30. The smallest absolute Gasteiger partial charge is 0.411 e. The van der Waals surface area contributed by atoms with Gasteiger partial charge in [-0.05, 0) is 55.1 Å². The summed E-state index contributed by atoms with van der Waals surface area (Å²) >= 11 is 0. The predicted molar refractivity (Wildman–Crippen MR) is 98.2 cm³/mol. The van der Waals surface area contributed by atoms with Crippen molar-refractivity contribution in [1.29, 1.82) is 0 Å². The van der Waals surface area contributed by atoms with Gasteiger partial charge in [0.2, 0.25) is 0 Å². The summed E-state index contributed by atoms with van der Waals surface area (Å²) in [7, 11) is 1.67. The second kappa shape index (κ2) is 8.53. The van der Waals surface area contributed by atoms with E-state index in [-0.39, 0.29) is 6.04 Å². The van der Waals surface area contributed by atoms with E-state index in [9.17, 15) is 4.79 Å². The maximum absolute atomic E-state index is 11.9. The lowest BCUT2D eigenvalue weighted by atomic mass is 9.86. The molecule has 0 bridgehead atoms. The number of carbonyl (C=O) groups is 1. The fourth-order valence-electron chi connectivity index (χ4n) is 3.16. The van der Waals surface area contributed by atoms with Gasteiger partial charge in [0.1, 0.15) is 12.4 Å². The Morgan fingerprint density at radius 1 is 1.16 bits per heavy atom. The number of rotatable bonds is 5. The van der Waals surface area contributed by atoms with Crippen molar-refractivity contribution in [2.75, 3.05) is 25.6 Å². The third kappa shape index (κ3) is 4.97. The quantitative estimate of drug-likeness (QED) is 0.870. The van der Waals surface area contributed by atoms with Gasteiger partial charge in [0, 0.05) is 11.7 Å². The number of piperidine rings is 1. The minimum atomic E-state index is -0.417. The van der Waals surface area contributed by atoms with Gasteiger partial charge < -0.3 is 14.8 Å². The molecule has 25 heavy (non-hydrogen) atoms. The molecule has 2 aromatic carbocycles. The van der Waals surface area contributed by atoms with E-state index in [1.54, 1.807) is 7.11 Å². The number of para-hydroxylation sites is 1. The molecule has 2 atom stereocenters. The monoisotopic (exact) mass is 340 g/mol. The summed E-state index contributed by atoms with van der Waals surface area (Å²) in [4.78, 5) is 11.9. The summed E-state index contributed by atoms with van der Waals surface area (Å²) in [5, 5.41) is 6.17. The number of amides is 1. The second-order valence-electron chi connectivity index (χ2n) is 6.23. The van der Waals surface area contributed by atoms with Crippen molar-refractivity contribution < 1.29 is 14.3 Å². The molecule has 1 aliphatic heterocycles. The molecule has 1 aliphatic rings. The Hall–Kier alpha value is -2.53. The van der Waals surface area contributed by atoms with E-state index in [2.05, 4.69) is 22.8 Å². The number of ether oxygens (including phenoxy) is 2. The highest BCUT2D eigenvalue weighted by Gasteiger charge is 2.23. The van der Waals surface area contributed by atoms with Gasteiger partial charge in [0.05, 0.1) is 7.11 Å². The predicted octanol–water partition coefficient (Wildman–Crippen LogP) is 3.78. The van der Waals surface area contributed by atoms with Crippen LogP contribution in [0, 0.1) is 0 Å². The van der Waals surface area contributed by atoms with Gasteiger partial charge in [0.15, 0.2) is 0 Å². The summed E-state index contributed by atoms with van der Waals surface area (Å²) in [5.41, 5.74) is 2.04. The van der Waals surface area contributed by atoms with Crippen LogP contribution in [0.25, 0.3) is 0 Å². The van der Waals surface area contributed by atoms with Crippen molar-refractivity contribution >= 4 is 11.8 Å². The number of hydrogen-bond acceptors (Lipinski definition) is 4. The number of methoxy groups -OCH3 is 1. The molecule has 1 saturated heterocycles. The summed E-state index contributed by atoms with van der Waals surface area (Å²) in [6, 6.07) is 17.7. The lowest BCUT2D eigenvalue weighted by molar-refractivity contribution is 0.139. The molecule has 0 unspecified atom stereocenters. The van der Waals surface area contributed by atoms with Crippen molar-refractivity contribution in [1.82, 2.24) is 5.32 Å². The van der Waals surface area contributed by atoms with Gasteiger partial charge in [-0.3, -0.25) is 5.32 Å². The molecule has 0 aliphatic carbocycles. The van der Waals surface area contributed by atoms with Crippen molar-refractivity contribution in [2.45, 2.75) is 24.8 Å². The number of hydrogen-bond donors (Lipinski definition) is 2. The lowest BCUT2D eigenvalue weighted by Crippen LogP contribution is -2.41. The van der Waals surface area contributed by atoms with Crippen LogP contribution in [-0.4, -0.2) is 32.4 Å². The van der Waals surface area contributed by atoms with Gasteiger partial charge in [-0.2, -0.15) is 0 Å². The Labute approximate surface area is 148 Å². The van der Waals surface area contributed by atoms with Crippen LogP contribution < -0.4 is 15.4 Å². The van der Waals surface area contributed by atoms with Crippen LogP contribution in [0.5, 0.6) is 5.75 Å². The molecule has 1 amide bonds. The molecule has 3 rings (SSSR count). The van der Waals surface area contributed by atoms with Gasteiger partial charge >= 0.3 is 6.09 Å². The normalized spacial score (nSPS) is 19.9. The molecule has 2 N–H and O–H groups in total. The van der Waals surface area contributed by atoms with Gasteiger partial charge in [-0.1, -0.05) is 30.3 Å². The topological polar surface area (TPSA) is 59.6 Å². The zero-order valence-electron chi connectivity index (χ0n) is 14.4. The largest absolute Gasteiger partial charge is 0.497 e. The molecule has 1 heterocycles. The standard InChI is InChI=1S/C20H24N2O3/c1-24-19-9-7-15(8-10-19)16-11-12-21-18(13-16)14-25-20(23)22-17-5-3-2-4-6-17/h2-10,16,18,21H,11-14H2,1H3,(H,22,23)/t16-,18-/m0/s1. The van der Waals surface area contributed by atoms with Crippen LogP contribution in [0.15, 0.2) is 54.6 Å². The molecule has 5 heteroatoms. The average molecular weight is 340 g/mol. The molecule has 2 aromatic rings. The molecule has 0 aromatic heterocycles. The summed E-state index contributed by atoms with van der Waals surface area (Å²) in [6.07, 6.45) is 1.61. The van der Waals surface area contributed by atoms with E-state index in [0.29, 0.717) is 12.5 Å². The highest BCUT2D eigenvalue weighted by atomic mass is 16.5. The Morgan fingerprint density at radius 3 is 2.64 bits per heavy atom. The van der Waals surface area contributed by atoms with Crippen molar-refractivity contribution in [3.8, 4) is 5.75 Å². The molecule has 5 nitrogen and oxygen atoms in total. The Morgan fingerprint density at radius 2 is 1.92 bits per heavy atom. The first-order valence-corrected chi connectivity index (χ1v) is 8.61. The molecular weight excluding hydrogens is 316 g/mol.